The number of rotatable bonds is 3. The molecule has 1 aromatic heterocycles. The minimum Gasteiger partial charge on any atom is -0.394 e. The smallest absolute Gasteiger partial charge is 0.290 e. The van der Waals surface area contributed by atoms with Crippen molar-refractivity contribution in [3.63, 3.8) is 0 Å². The number of halogens is 1. The van der Waals surface area contributed by atoms with Crippen molar-refractivity contribution in [2.45, 2.75) is 31.7 Å². The van der Waals surface area contributed by atoms with E-state index in [1.165, 1.54) is 11.5 Å². The predicted molar refractivity (Wildman–Crippen MR) is 110 cm³/mol. The molecule has 4 nitrogen and oxygen atoms in total. The highest BCUT2D eigenvalue weighted by Gasteiger charge is 2.26. The minimum absolute atomic E-state index is 0.0615. The van der Waals surface area contributed by atoms with Gasteiger partial charge in [-0.2, -0.15) is 5.10 Å². The van der Waals surface area contributed by atoms with Gasteiger partial charge in [0.25, 0.3) is 5.56 Å². The van der Waals surface area contributed by atoms with Crippen molar-refractivity contribution >= 4 is 17.3 Å². The van der Waals surface area contributed by atoms with E-state index in [4.69, 9.17) is 17.3 Å². The summed E-state index contributed by atoms with van der Waals surface area (Å²) in [5, 5.41) is 5.39. The monoisotopic (exact) mass is 378 g/mol. The van der Waals surface area contributed by atoms with E-state index in [0.29, 0.717) is 0 Å². The van der Waals surface area contributed by atoms with E-state index in [9.17, 15) is 4.79 Å². The second-order valence-electron chi connectivity index (χ2n) is 6.95. The third-order valence-corrected chi connectivity index (χ3v) is 5.40. The van der Waals surface area contributed by atoms with Gasteiger partial charge in [-0.3, -0.25) is 4.79 Å². The van der Waals surface area contributed by atoms with Crippen molar-refractivity contribution in [1.82, 2.24) is 9.78 Å². The molecule has 1 aliphatic rings. The molecule has 0 amide bonds. The largest absolute Gasteiger partial charge is 0.394 e. The van der Waals surface area contributed by atoms with Crippen LogP contribution in [0.1, 0.15) is 37.3 Å². The summed E-state index contributed by atoms with van der Waals surface area (Å²) in [6.07, 6.45) is 3.59. The van der Waals surface area contributed by atoms with Gasteiger partial charge in [0, 0.05) is 16.5 Å². The second-order valence-corrected chi connectivity index (χ2v) is 7.38. The molecule has 1 fully saturated rings. The van der Waals surface area contributed by atoms with Crippen LogP contribution in [-0.4, -0.2) is 9.78 Å². The number of hydrogen-bond acceptors (Lipinski definition) is 3. The highest BCUT2D eigenvalue weighted by molar-refractivity contribution is 6.30. The summed E-state index contributed by atoms with van der Waals surface area (Å²) in [4.78, 5) is 12.6. The SMILES string of the molecule is Nc1cc(-c2ccccc2)nn(C2CC[C](c3cccc(Cl)c3)CC2)c1=O. The van der Waals surface area contributed by atoms with Gasteiger partial charge in [-0.25, -0.2) is 4.68 Å². The predicted octanol–water partition coefficient (Wildman–Crippen LogP) is 4.88. The van der Waals surface area contributed by atoms with E-state index < -0.39 is 0 Å². The van der Waals surface area contributed by atoms with Crippen molar-refractivity contribution in [2.24, 2.45) is 0 Å². The Morgan fingerprint density at radius 1 is 0.963 bits per heavy atom. The molecule has 1 heterocycles. The van der Waals surface area contributed by atoms with Gasteiger partial charge in [0.15, 0.2) is 0 Å². The van der Waals surface area contributed by atoms with E-state index in [1.54, 1.807) is 10.7 Å². The fraction of sp³-hybridized carbons (Fsp3) is 0.227. The normalized spacial score (nSPS) is 15.7. The Morgan fingerprint density at radius 2 is 1.67 bits per heavy atom. The van der Waals surface area contributed by atoms with Crippen molar-refractivity contribution in [1.29, 1.82) is 0 Å². The number of nitrogens with two attached hydrogens (primary N) is 1. The summed E-state index contributed by atoms with van der Waals surface area (Å²) in [6.45, 7) is 0. The number of hydrogen-bond donors (Lipinski definition) is 1. The summed E-state index contributed by atoms with van der Waals surface area (Å²) in [5.74, 6) is 1.38. The molecule has 137 valence electrons. The van der Waals surface area contributed by atoms with Gasteiger partial charge < -0.3 is 5.73 Å². The highest BCUT2D eigenvalue weighted by atomic mass is 35.5. The van der Waals surface area contributed by atoms with Crippen LogP contribution < -0.4 is 11.3 Å². The van der Waals surface area contributed by atoms with Crippen molar-refractivity contribution in [3.8, 4) is 11.3 Å². The van der Waals surface area contributed by atoms with Crippen LogP contribution in [0.15, 0.2) is 65.5 Å². The van der Waals surface area contributed by atoms with E-state index in [0.717, 1.165) is 42.0 Å². The minimum atomic E-state index is -0.203. The fourth-order valence-corrected chi connectivity index (χ4v) is 3.91. The maximum atomic E-state index is 12.6. The van der Waals surface area contributed by atoms with Crippen molar-refractivity contribution in [2.75, 3.05) is 5.73 Å². The van der Waals surface area contributed by atoms with Gasteiger partial charge in [-0.15, -0.1) is 0 Å². The molecule has 0 bridgehead atoms. The van der Waals surface area contributed by atoms with Crippen LogP contribution >= 0.6 is 11.6 Å². The molecule has 0 saturated heterocycles. The molecule has 27 heavy (non-hydrogen) atoms. The van der Waals surface area contributed by atoms with E-state index >= 15 is 0 Å². The lowest BCUT2D eigenvalue weighted by molar-refractivity contribution is 0.340. The first-order valence-electron chi connectivity index (χ1n) is 9.17. The Morgan fingerprint density at radius 3 is 2.37 bits per heavy atom. The summed E-state index contributed by atoms with van der Waals surface area (Å²) in [5.41, 5.74) is 8.93. The Kier molecular flexibility index (Phi) is 4.99. The first kappa shape index (κ1) is 17.8. The van der Waals surface area contributed by atoms with Crippen LogP contribution in [0, 0.1) is 5.92 Å². The first-order valence-corrected chi connectivity index (χ1v) is 9.55. The molecule has 0 aliphatic heterocycles. The van der Waals surface area contributed by atoms with Crippen LogP contribution in [0.25, 0.3) is 11.3 Å². The number of benzene rings is 2. The molecule has 1 radical (unpaired) electrons. The standard InChI is InChI=1S/C22H21ClN3O/c23-18-8-4-7-17(13-18)15-9-11-19(12-10-15)26-22(27)20(24)14-21(25-26)16-5-2-1-3-6-16/h1-8,13-14,19H,9-12,24H2. The van der Waals surface area contributed by atoms with Crippen molar-refractivity contribution < 1.29 is 0 Å². The van der Waals surface area contributed by atoms with Crippen LogP contribution in [0.5, 0.6) is 0 Å². The van der Waals surface area contributed by atoms with Gasteiger partial charge >= 0.3 is 0 Å². The lowest BCUT2D eigenvalue weighted by Crippen LogP contribution is -2.31. The number of anilines is 1. The Balaban J connectivity index is 1.58. The van der Waals surface area contributed by atoms with E-state index in [-0.39, 0.29) is 17.3 Å². The topological polar surface area (TPSA) is 60.9 Å². The van der Waals surface area contributed by atoms with Gasteiger partial charge in [-0.1, -0.05) is 54.1 Å². The molecule has 0 unspecified atom stereocenters. The third-order valence-electron chi connectivity index (χ3n) is 5.17. The first-order chi connectivity index (χ1) is 13.1. The molecule has 2 aromatic carbocycles. The van der Waals surface area contributed by atoms with E-state index in [2.05, 4.69) is 11.2 Å². The highest BCUT2D eigenvalue weighted by Crippen LogP contribution is 2.37. The quantitative estimate of drug-likeness (QED) is 0.706. The molecular weight excluding hydrogens is 358 g/mol. The van der Waals surface area contributed by atoms with Crippen LogP contribution in [0.4, 0.5) is 5.69 Å². The zero-order chi connectivity index (χ0) is 18.8. The maximum Gasteiger partial charge on any atom is 0.290 e. The molecule has 3 aromatic rings. The van der Waals surface area contributed by atoms with Crippen LogP contribution in [0.3, 0.4) is 0 Å². The lowest BCUT2D eigenvalue weighted by Gasteiger charge is -2.29. The number of nitrogens with zero attached hydrogens (tertiary/aromatic N) is 2. The molecule has 4 rings (SSSR count). The Hall–Kier alpha value is -2.59. The summed E-state index contributed by atoms with van der Waals surface area (Å²) >= 11 is 6.12. The van der Waals surface area contributed by atoms with Crippen molar-refractivity contribution in [3.05, 3.63) is 87.5 Å². The zero-order valence-electron chi connectivity index (χ0n) is 14.9. The third kappa shape index (κ3) is 3.76. The summed E-state index contributed by atoms with van der Waals surface area (Å²) in [6, 6.07) is 19.5. The Labute approximate surface area is 163 Å². The number of nitrogen functional groups attached to an aromatic ring is 1. The Bertz CT molecular complexity index is 992. The van der Waals surface area contributed by atoms with Crippen LogP contribution in [0.2, 0.25) is 5.02 Å². The molecule has 1 saturated carbocycles. The molecule has 0 atom stereocenters. The molecule has 2 N–H and O–H groups in total. The number of aromatic nitrogens is 2. The average molecular weight is 379 g/mol. The maximum absolute atomic E-state index is 12.6. The molecule has 1 aliphatic carbocycles. The molecule has 5 heteroatoms. The zero-order valence-corrected chi connectivity index (χ0v) is 15.7. The summed E-state index contributed by atoms with van der Waals surface area (Å²) in [7, 11) is 0. The molecular formula is C22H21ClN3O. The van der Waals surface area contributed by atoms with Gasteiger partial charge in [0.2, 0.25) is 0 Å². The average Bonchev–Trinajstić information content (AvgIpc) is 2.71. The molecule has 0 spiro atoms. The van der Waals surface area contributed by atoms with Crippen LogP contribution in [-0.2, 0) is 0 Å². The van der Waals surface area contributed by atoms with Gasteiger partial charge in [0.1, 0.15) is 5.69 Å². The van der Waals surface area contributed by atoms with Gasteiger partial charge in [0.05, 0.1) is 11.7 Å². The second kappa shape index (κ2) is 7.57. The van der Waals surface area contributed by atoms with E-state index in [1.807, 2.05) is 48.5 Å². The summed E-state index contributed by atoms with van der Waals surface area (Å²) < 4.78 is 1.59. The fourth-order valence-electron chi connectivity index (χ4n) is 3.72. The lowest BCUT2D eigenvalue weighted by atomic mass is 9.82. The van der Waals surface area contributed by atoms with Gasteiger partial charge in [-0.05, 0) is 49.4 Å².